The van der Waals surface area contributed by atoms with Gasteiger partial charge in [0.1, 0.15) is 17.2 Å². The zero-order valence-corrected chi connectivity index (χ0v) is 14.1. The molecule has 0 saturated heterocycles. The maximum atomic E-state index is 5.92. The van der Waals surface area contributed by atoms with Gasteiger partial charge in [0.05, 0.1) is 11.6 Å². The maximum absolute atomic E-state index is 5.92. The summed E-state index contributed by atoms with van der Waals surface area (Å²) in [6.45, 7) is 4.09. The first kappa shape index (κ1) is 15.9. The Hall–Kier alpha value is -1.52. The summed E-state index contributed by atoms with van der Waals surface area (Å²) in [5, 5.41) is 0. The predicted octanol–water partition coefficient (Wildman–Crippen LogP) is 4.45. The molecule has 0 spiro atoms. The van der Waals surface area contributed by atoms with E-state index in [9.17, 15) is 0 Å². The number of ether oxygens (including phenoxy) is 2. The van der Waals surface area contributed by atoms with Crippen LogP contribution in [0, 0.1) is 6.92 Å². The van der Waals surface area contributed by atoms with Gasteiger partial charge < -0.3 is 15.2 Å². The molecule has 1 atom stereocenters. The summed E-state index contributed by atoms with van der Waals surface area (Å²) in [5.74, 6) is 2.36. The highest BCUT2D eigenvalue weighted by Gasteiger charge is 2.07. The minimum absolute atomic E-state index is 0.159. The standard InChI is InChI=1S/C17H20BrNO2/c1-11-8-15(5-4-13(11)9-12(2)19)21-17-7-6-14(20-3)10-16(17)18/h4-8,10,12H,9,19H2,1-3H3. The van der Waals surface area contributed by atoms with Crippen molar-refractivity contribution in [3.63, 3.8) is 0 Å². The summed E-state index contributed by atoms with van der Waals surface area (Å²) in [5.41, 5.74) is 8.30. The number of rotatable bonds is 5. The van der Waals surface area contributed by atoms with Crippen LogP contribution in [-0.4, -0.2) is 13.2 Å². The number of halogens is 1. The quantitative estimate of drug-likeness (QED) is 0.867. The summed E-state index contributed by atoms with van der Waals surface area (Å²) < 4.78 is 12.0. The lowest BCUT2D eigenvalue weighted by atomic mass is 10.0. The number of hydrogen-bond donors (Lipinski definition) is 1. The van der Waals surface area contributed by atoms with Gasteiger partial charge in [-0.25, -0.2) is 0 Å². The molecule has 0 bridgehead atoms. The Balaban J connectivity index is 2.18. The molecule has 2 N–H and O–H groups in total. The molecule has 0 radical (unpaired) electrons. The Morgan fingerprint density at radius 2 is 1.86 bits per heavy atom. The number of hydrogen-bond acceptors (Lipinski definition) is 3. The van der Waals surface area contributed by atoms with E-state index in [1.54, 1.807) is 7.11 Å². The van der Waals surface area contributed by atoms with Crippen LogP contribution in [-0.2, 0) is 6.42 Å². The van der Waals surface area contributed by atoms with E-state index < -0.39 is 0 Å². The lowest BCUT2D eigenvalue weighted by Crippen LogP contribution is -2.18. The van der Waals surface area contributed by atoms with Crippen molar-refractivity contribution < 1.29 is 9.47 Å². The molecule has 4 heteroatoms. The summed E-state index contributed by atoms with van der Waals surface area (Å²) >= 11 is 3.49. The van der Waals surface area contributed by atoms with Crippen LogP contribution in [0.15, 0.2) is 40.9 Å². The molecule has 0 aromatic heterocycles. The van der Waals surface area contributed by atoms with Crippen molar-refractivity contribution in [1.82, 2.24) is 0 Å². The Kier molecular flexibility index (Phi) is 5.26. The maximum Gasteiger partial charge on any atom is 0.141 e. The molecule has 1 unspecified atom stereocenters. The van der Waals surface area contributed by atoms with Crippen LogP contribution in [0.25, 0.3) is 0 Å². The SMILES string of the molecule is COc1ccc(Oc2ccc(CC(C)N)c(C)c2)c(Br)c1. The zero-order chi connectivity index (χ0) is 15.4. The fourth-order valence-corrected chi connectivity index (χ4v) is 2.56. The number of nitrogens with two attached hydrogens (primary N) is 1. The third-order valence-corrected chi connectivity index (χ3v) is 3.84. The molecular weight excluding hydrogens is 330 g/mol. The van der Waals surface area contributed by atoms with Gasteiger partial charge in [-0.05, 0) is 77.7 Å². The summed E-state index contributed by atoms with van der Waals surface area (Å²) in [6.07, 6.45) is 0.873. The van der Waals surface area contributed by atoms with E-state index in [0.29, 0.717) is 0 Å². The Labute approximate surface area is 134 Å². The molecule has 112 valence electrons. The summed E-state index contributed by atoms with van der Waals surface area (Å²) in [4.78, 5) is 0. The first-order valence-corrected chi connectivity index (χ1v) is 7.65. The van der Waals surface area contributed by atoms with E-state index in [1.165, 1.54) is 11.1 Å². The van der Waals surface area contributed by atoms with Crippen LogP contribution >= 0.6 is 15.9 Å². The molecule has 0 aliphatic carbocycles. The fourth-order valence-electron chi connectivity index (χ4n) is 2.13. The van der Waals surface area contributed by atoms with Crippen LogP contribution in [0.3, 0.4) is 0 Å². The molecule has 0 amide bonds. The number of methoxy groups -OCH3 is 1. The van der Waals surface area contributed by atoms with E-state index in [-0.39, 0.29) is 6.04 Å². The van der Waals surface area contributed by atoms with Crippen LogP contribution in [0.4, 0.5) is 0 Å². The normalized spacial score (nSPS) is 12.0. The van der Waals surface area contributed by atoms with Crippen molar-refractivity contribution in [2.45, 2.75) is 26.3 Å². The first-order valence-electron chi connectivity index (χ1n) is 6.86. The van der Waals surface area contributed by atoms with Crippen LogP contribution < -0.4 is 15.2 Å². The van der Waals surface area contributed by atoms with Gasteiger partial charge in [0.25, 0.3) is 0 Å². The third-order valence-electron chi connectivity index (χ3n) is 3.22. The zero-order valence-electron chi connectivity index (χ0n) is 12.5. The van der Waals surface area contributed by atoms with Gasteiger partial charge in [-0.1, -0.05) is 6.07 Å². The van der Waals surface area contributed by atoms with Crippen LogP contribution in [0.1, 0.15) is 18.1 Å². The second-order valence-corrected chi connectivity index (χ2v) is 6.02. The highest BCUT2D eigenvalue weighted by Crippen LogP contribution is 2.33. The van der Waals surface area contributed by atoms with Crippen LogP contribution in [0.5, 0.6) is 17.2 Å². The second-order valence-electron chi connectivity index (χ2n) is 5.17. The van der Waals surface area contributed by atoms with Crippen molar-refractivity contribution in [1.29, 1.82) is 0 Å². The van der Waals surface area contributed by atoms with Gasteiger partial charge in [0.15, 0.2) is 0 Å². The molecule has 0 aliphatic rings. The molecule has 3 nitrogen and oxygen atoms in total. The molecular formula is C17H20BrNO2. The highest BCUT2D eigenvalue weighted by molar-refractivity contribution is 9.10. The average molecular weight is 350 g/mol. The lowest BCUT2D eigenvalue weighted by Gasteiger charge is -2.13. The van der Waals surface area contributed by atoms with Gasteiger partial charge in [-0.15, -0.1) is 0 Å². The van der Waals surface area contributed by atoms with Gasteiger partial charge in [0.2, 0.25) is 0 Å². The van der Waals surface area contributed by atoms with Crippen molar-refractivity contribution in [3.8, 4) is 17.2 Å². The molecule has 21 heavy (non-hydrogen) atoms. The minimum atomic E-state index is 0.159. The fraction of sp³-hybridized carbons (Fsp3) is 0.294. The molecule has 2 aromatic rings. The molecule has 0 fully saturated rings. The monoisotopic (exact) mass is 349 g/mol. The average Bonchev–Trinajstić information content (AvgIpc) is 2.43. The van der Waals surface area contributed by atoms with Gasteiger partial charge in [-0.3, -0.25) is 0 Å². The van der Waals surface area contributed by atoms with E-state index in [0.717, 1.165) is 28.1 Å². The summed E-state index contributed by atoms with van der Waals surface area (Å²) in [7, 11) is 1.64. The molecule has 0 saturated carbocycles. The Morgan fingerprint density at radius 1 is 1.14 bits per heavy atom. The topological polar surface area (TPSA) is 44.5 Å². The number of aryl methyl sites for hydroxylation is 1. The summed E-state index contributed by atoms with van der Waals surface area (Å²) in [6, 6.07) is 11.9. The Bertz CT molecular complexity index is 626. The second kappa shape index (κ2) is 6.96. The minimum Gasteiger partial charge on any atom is -0.497 e. The highest BCUT2D eigenvalue weighted by atomic mass is 79.9. The van der Waals surface area contributed by atoms with Gasteiger partial charge in [0, 0.05) is 6.04 Å². The predicted molar refractivity (Wildman–Crippen MR) is 89.3 cm³/mol. The Morgan fingerprint density at radius 3 is 2.43 bits per heavy atom. The van der Waals surface area contributed by atoms with Crippen molar-refractivity contribution in [2.24, 2.45) is 5.73 Å². The van der Waals surface area contributed by atoms with Crippen molar-refractivity contribution >= 4 is 15.9 Å². The number of benzene rings is 2. The van der Waals surface area contributed by atoms with Crippen molar-refractivity contribution in [3.05, 3.63) is 52.0 Å². The van der Waals surface area contributed by atoms with E-state index in [1.807, 2.05) is 37.3 Å². The lowest BCUT2D eigenvalue weighted by molar-refractivity contribution is 0.412. The molecule has 0 heterocycles. The van der Waals surface area contributed by atoms with E-state index in [2.05, 4.69) is 28.9 Å². The smallest absolute Gasteiger partial charge is 0.141 e. The van der Waals surface area contributed by atoms with Gasteiger partial charge in [-0.2, -0.15) is 0 Å². The molecule has 2 rings (SSSR count). The van der Waals surface area contributed by atoms with Crippen LogP contribution in [0.2, 0.25) is 0 Å². The first-order chi connectivity index (χ1) is 9.99. The van der Waals surface area contributed by atoms with Crippen molar-refractivity contribution in [2.75, 3.05) is 7.11 Å². The molecule has 2 aromatic carbocycles. The van der Waals surface area contributed by atoms with Gasteiger partial charge >= 0.3 is 0 Å². The van der Waals surface area contributed by atoms with E-state index in [4.69, 9.17) is 15.2 Å². The third kappa shape index (κ3) is 4.22. The molecule has 0 aliphatic heterocycles. The van der Waals surface area contributed by atoms with E-state index >= 15 is 0 Å². The largest absolute Gasteiger partial charge is 0.497 e.